The van der Waals surface area contributed by atoms with Gasteiger partial charge >= 0.3 is 5.97 Å². The number of aliphatic carboxylic acids is 1. The first kappa shape index (κ1) is 28.0. The predicted molar refractivity (Wildman–Crippen MR) is 155 cm³/mol. The Kier molecular flexibility index (Phi) is 7.69. The molecule has 0 bridgehead atoms. The summed E-state index contributed by atoms with van der Waals surface area (Å²) in [5, 5.41) is 15.2. The lowest BCUT2D eigenvalue weighted by molar-refractivity contribution is -0.136. The number of carboxylic acids is 1. The van der Waals surface area contributed by atoms with Crippen LogP contribution in [0.2, 0.25) is 0 Å². The smallest absolute Gasteiger partial charge is 0.309 e. The normalized spacial score (nSPS) is 24.0. The number of rotatable bonds is 9. The number of morpholine rings is 1. The zero-order chi connectivity index (χ0) is 28.7. The molecule has 2 aliphatic heterocycles. The van der Waals surface area contributed by atoms with Crippen LogP contribution in [0, 0.1) is 11.8 Å². The van der Waals surface area contributed by atoms with Crippen molar-refractivity contribution in [3.05, 3.63) is 48.2 Å². The van der Waals surface area contributed by atoms with Gasteiger partial charge in [0.15, 0.2) is 0 Å². The van der Waals surface area contributed by atoms with Crippen molar-refractivity contribution >= 4 is 32.6 Å². The molecule has 2 aromatic carbocycles. The van der Waals surface area contributed by atoms with E-state index in [1.165, 1.54) is 23.6 Å². The average Bonchev–Trinajstić information content (AvgIpc) is 3.48. The van der Waals surface area contributed by atoms with Gasteiger partial charge in [0.25, 0.3) is 0 Å². The number of nitrogens with zero attached hydrogens (tertiary/aromatic N) is 4. The number of ether oxygens (including phenoxy) is 2. The molecule has 0 amide bonds. The standard InChI is InChI=1S/C30H38N4O6S/c1-3-40-23-8-10-24(11-9-23)41(37,38)32-17-20(2)28(18-32)34-27-15-22(7-12-25(27)26(31-34)16-30(35)36)33-13-14-39-19-29(33)21-5-4-6-21/h7-12,15,20-21,28-29H,3-6,13-14,16-19H2,1-2H3,(H,35,36)/t20-,28+,29?/m1/s1. The molecule has 1 N–H and O–H groups in total. The molecule has 3 heterocycles. The van der Waals surface area contributed by atoms with Crippen LogP contribution in [0.5, 0.6) is 5.75 Å². The first-order valence-electron chi connectivity index (χ1n) is 14.6. The minimum atomic E-state index is -3.73. The van der Waals surface area contributed by atoms with E-state index in [9.17, 15) is 18.3 Å². The number of sulfonamides is 1. The number of fused-ring (bicyclic) bond motifs is 1. The lowest BCUT2D eigenvalue weighted by Gasteiger charge is -2.45. The highest BCUT2D eigenvalue weighted by atomic mass is 32.2. The Morgan fingerprint density at radius 2 is 1.90 bits per heavy atom. The third-order valence-electron chi connectivity index (χ3n) is 8.90. The number of benzene rings is 2. The molecular weight excluding hydrogens is 544 g/mol. The van der Waals surface area contributed by atoms with Gasteiger partial charge in [-0.05, 0) is 74.1 Å². The van der Waals surface area contributed by atoms with Crippen LogP contribution in [0.15, 0.2) is 47.4 Å². The second-order valence-electron chi connectivity index (χ2n) is 11.5. The topological polar surface area (TPSA) is 114 Å². The van der Waals surface area contributed by atoms with Gasteiger partial charge in [0, 0.05) is 30.7 Å². The van der Waals surface area contributed by atoms with Crippen molar-refractivity contribution in [2.75, 3.05) is 44.4 Å². The van der Waals surface area contributed by atoms with Crippen molar-refractivity contribution in [1.82, 2.24) is 14.1 Å². The molecule has 3 atom stereocenters. The molecule has 3 fully saturated rings. The van der Waals surface area contributed by atoms with E-state index in [4.69, 9.17) is 14.6 Å². The molecule has 11 heteroatoms. The third-order valence-corrected chi connectivity index (χ3v) is 10.7. The van der Waals surface area contributed by atoms with Gasteiger partial charge in [0.1, 0.15) is 5.75 Å². The maximum absolute atomic E-state index is 13.6. The Bertz CT molecular complexity index is 1520. The Labute approximate surface area is 240 Å². The van der Waals surface area contributed by atoms with Gasteiger partial charge in [-0.3, -0.25) is 9.48 Å². The number of hydrogen-bond donors (Lipinski definition) is 1. The average molecular weight is 583 g/mol. The number of carbonyl (C=O) groups is 1. The van der Waals surface area contributed by atoms with E-state index in [2.05, 4.69) is 17.0 Å². The molecule has 1 aliphatic carbocycles. The van der Waals surface area contributed by atoms with Crippen LogP contribution in [0.25, 0.3) is 10.9 Å². The molecule has 41 heavy (non-hydrogen) atoms. The van der Waals surface area contributed by atoms with Gasteiger partial charge in [-0.2, -0.15) is 9.40 Å². The summed E-state index contributed by atoms with van der Waals surface area (Å²) in [5.41, 5.74) is 2.41. The number of anilines is 1. The quantitative estimate of drug-likeness (QED) is 0.404. The summed E-state index contributed by atoms with van der Waals surface area (Å²) >= 11 is 0. The van der Waals surface area contributed by atoms with Crippen LogP contribution < -0.4 is 9.64 Å². The summed E-state index contributed by atoms with van der Waals surface area (Å²) in [6.07, 6.45) is 3.49. The molecule has 0 spiro atoms. The highest BCUT2D eigenvalue weighted by molar-refractivity contribution is 7.89. The molecule has 6 rings (SSSR count). The van der Waals surface area contributed by atoms with Gasteiger partial charge in [-0.1, -0.05) is 13.3 Å². The molecule has 1 aromatic heterocycles. The van der Waals surface area contributed by atoms with Gasteiger partial charge in [-0.15, -0.1) is 0 Å². The van der Waals surface area contributed by atoms with Gasteiger partial charge in [0.2, 0.25) is 10.0 Å². The van der Waals surface area contributed by atoms with Crippen molar-refractivity contribution in [3.8, 4) is 5.75 Å². The second kappa shape index (κ2) is 11.3. The predicted octanol–water partition coefficient (Wildman–Crippen LogP) is 3.95. The Morgan fingerprint density at radius 3 is 2.59 bits per heavy atom. The maximum Gasteiger partial charge on any atom is 0.309 e. The second-order valence-corrected chi connectivity index (χ2v) is 13.4. The van der Waals surface area contributed by atoms with E-state index in [-0.39, 0.29) is 29.8 Å². The highest BCUT2D eigenvalue weighted by Gasteiger charge is 2.40. The molecule has 0 radical (unpaired) electrons. The highest BCUT2D eigenvalue weighted by Crippen LogP contribution is 2.39. The van der Waals surface area contributed by atoms with Crippen LogP contribution in [-0.4, -0.2) is 79.1 Å². The lowest BCUT2D eigenvalue weighted by atomic mass is 9.79. The van der Waals surface area contributed by atoms with Gasteiger partial charge in [0.05, 0.1) is 54.4 Å². The van der Waals surface area contributed by atoms with Crippen LogP contribution >= 0.6 is 0 Å². The summed E-state index contributed by atoms with van der Waals surface area (Å²) in [4.78, 5) is 14.4. The van der Waals surface area contributed by atoms with E-state index in [0.717, 1.165) is 23.1 Å². The fourth-order valence-electron chi connectivity index (χ4n) is 6.50. The van der Waals surface area contributed by atoms with Crippen molar-refractivity contribution in [2.24, 2.45) is 11.8 Å². The Hall–Kier alpha value is -3.15. The largest absolute Gasteiger partial charge is 0.494 e. The van der Waals surface area contributed by atoms with E-state index >= 15 is 0 Å². The van der Waals surface area contributed by atoms with Crippen molar-refractivity contribution < 1.29 is 27.8 Å². The Balaban J connectivity index is 1.33. The monoisotopic (exact) mass is 582 g/mol. The van der Waals surface area contributed by atoms with Crippen LogP contribution in [0.1, 0.15) is 44.8 Å². The number of aromatic nitrogens is 2. The molecule has 1 unspecified atom stereocenters. The lowest BCUT2D eigenvalue weighted by Crippen LogP contribution is -2.51. The SMILES string of the molecule is CCOc1ccc(S(=O)(=O)N2C[C@@H](C)[C@@H](n3nc(CC(=O)O)c4ccc(N5CCOCC5C5CCC5)cc43)C2)cc1. The minimum Gasteiger partial charge on any atom is -0.494 e. The summed E-state index contributed by atoms with van der Waals surface area (Å²) < 4.78 is 41.9. The summed E-state index contributed by atoms with van der Waals surface area (Å²) in [7, 11) is -3.73. The molecule has 3 aromatic rings. The van der Waals surface area contributed by atoms with Crippen LogP contribution in [-0.2, 0) is 26.0 Å². The first-order valence-corrected chi connectivity index (χ1v) is 16.0. The van der Waals surface area contributed by atoms with Crippen LogP contribution in [0.4, 0.5) is 5.69 Å². The van der Waals surface area contributed by atoms with Crippen LogP contribution in [0.3, 0.4) is 0 Å². The molecule has 2 saturated heterocycles. The maximum atomic E-state index is 13.6. The van der Waals surface area contributed by atoms with Gasteiger partial charge < -0.3 is 19.5 Å². The first-order chi connectivity index (χ1) is 19.8. The number of hydrogen-bond acceptors (Lipinski definition) is 7. The van der Waals surface area contributed by atoms with E-state index in [0.29, 0.717) is 49.8 Å². The van der Waals surface area contributed by atoms with Gasteiger partial charge in [-0.25, -0.2) is 8.42 Å². The van der Waals surface area contributed by atoms with Crippen molar-refractivity contribution in [3.63, 3.8) is 0 Å². The molecule has 10 nitrogen and oxygen atoms in total. The van der Waals surface area contributed by atoms with E-state index < -0.39 is 16.0 Å². The number of carboxylic acid groups (broad SMARTS) is 1. The molecule has 1 saturated carbocycles. The Morgan fingerprint density at radius 1 is 1.12 bits per heavy atom. The zero-order valence-electron chi connectivity index (χ0n) is 23.6. The summed E-state index contributed by atoms with van der Waals surface area (Å²) in [6.45, 7) is 7.21. The summed E-state index contributed by atoms with van der Waals surface area (Å²) in [5.74, 6) is 0.277. The molecular formula is C30H38N4O6S. The fraction of sp³-hybridized carbons (Fsp3) is 0.533. The van der Waals surface area contributed by atoms with E-state index in [1.807, 2.05) is 24.6 Å². The zero-order valence-corrected chi connectivity index (χ0v) is 24.4. The third kappa shape index (κ3) is 5.30. The van der Waals surface area contributed by atoms with Crippen molar-refractivity contribution in [1.29, 1.82) is 0 Å². The molecule has 220 valence electrons. The van der Waals surface area contributed by atoms with E-state index in [1.54, 1.807) is 24.3 Å². The summed E-state index contributed by atoms with van der Waals surface area (Å²) in [6, 6.07) is 12.8. The molecule has 3 aliphatic rings. The van der Waals surface area contributed by atoms with Crippen molar-refractivity contribution in [2.45, 2.75) is 56.5 Å². The fourth-order valence-corrected chi connectivity index (χ4v) is 8.06. The minimum absolute atomic E-state index is 0.0250.